The number of aromatic hydroxyl groups is 1. The highest BCUT2D eigenvalue weighted by molar-refractivity contribution is 5.94. The summed E-state index contributed by atoms with van der Waals surface area (Å²) in [5.74, 6) is 0.772. The molecule has 43 heavy (non-hydrogen) atoms. The van der Waals surface area contributed by atoms with E-state index in [0.717, 1.165) is 31.6 Å². The Morgan fingerprint density at radius 1 is 0.977 bits per heavy atom. The first-order chi connectivity index (χ1) is 19.6. The second kappa shape index (κ2) is 17.2. The number of rotatable bonds is 11. The largest absolute Gasteiger partial charge is 0.507 e. The van der Waals surface area contributed by atoms with Crippen molar-refractivity contribution in [3.05, 3.63) is 29.3 Å². The molecule has 0 bridgehead atoms. The molecular weight excluding hydrogens is 536 g/mol. The molecule has 0 saturated carbocycles. The van der Waals surface area contributed by atoms with Crippen LogP contribution >= 0.6 is 0 Å². The fourth-order valence-electron chi connectivity index (χ4n) is 5.12. The molecule has 1 heterocycles. The lowest BCUT2D eigenvalue weighted by atomic mass is 9.59. The Bertz CT molecular complexity index is 963. The second-order valence-electron chi connectivity index (χ2n) is 15.4. The van der Waals surface area contributed by atoms with Crippen molar-refractivity contribution in [3.8, 4) is 5.75 Å². The smallest absolute Gasteiger partial charge is 0.253 e. The van der Waals surface area contributed by atoms with Crippen molar-refractivity contribution < 1.29 is 19.4 Å². The number of amides is 1. The summed E-state index contributed by atoms with van der Waals surface area (Å²) in [6.07, 6.45) is 5.26. The van der Waals surface area contributed by atoms with Gasteiger partial charge in [-0.15, -0.1) is 0 Å². The lowest BCUT2D eigenvalue weighted by molar-refractivity contribution is -0.276. The van der Waals surface area contributed by atoms with Gasteiger partial charge in [-0.3, -0.25) is 4.79 Å². The molecule has 0 aliphatic carbocycles. The van der Waals surface area contributed by atoms with Crippen LogP contribution in [-0.4, -0.2) is 47.8 Å². The Morgan fingerprint density at radius 2 is 1.51 bits per heavy atom. The third-order valence-electron chi connectivity index (χ3n) is 9.64. The SMILES string of the molecule is CC.CC(C)C.CCCCC(C)(C)C(C)(N)CCC(C)(C)C(C)(C)C1CC(C)OC(c2cc(C(=O)N(C)C)ccc2O)O1. The molecule has 2 rings (SSSR count). The number of nitrogens with zero attached hydrogens (tertiary/aromatic N) is 1. The first kappa shape index (κ1) is 41.4. The maximum atomic E-state index is 12.5. The van der Waals surface area contributed by atoms with Crippen LogP contribution in [0.5, 0.6) is 5.75 Å². The Morgan fingerprint density at radius 3 is 2.00 bits per heavy atom. The van der Waals surface area contributed by atoms with Crippen LogP contribution in [0.4, 0.5) is 0 Å². The summed E-state index contributed by atoms with van der Waals surface area (Å²) in [6, 6.07) is 4.86. The number of hydrogen-bond acceptors (Lipinski definition) is 5. The molecule has 0 radical (unpaired) electrons. The Labute approximate surface area is 266 Å². The van der Waals surface area contributed by atoms with Crippen molar-refractivity contribution in [2.75, 3.05) is 14.1 Å². The summed E-state index contributed by atoms with van der Waals surface area (Å²) in [6.45, 7) is 30.8. The van der Waals surface area contributed by atoms with Gasteiger partial charge in [0.15, 0.2) is 6.29 Å². The molecule has 6 heteroatoms. The maximum Gasteiger partial charge on any atom is 0.253 e. The number of phenols is 1. The molecule has 1 saturated heterocycles. The zero-order chi connectivity index (χ0) is 34.0. The number of benzene rings is 1. The lowest BCUT2D eigenvalue weighted by Crippen LogP contribution is -2.53. The minimum Gasteiger partial charge on any atom is -0.507 e. The third-order valence-corrected chi connectivity index (χ3v) is 9.64. The average Bonchev–Trinajstić information content (AvgIpc) is 2.91. The molecule has 1 aromatic carbocycles. The van der Waals surface area contributed by atoms with Crippen molar-refractivity contribution in [1.29, 1.82) is 0 Å². The number of ether oxygens (including phenoxy) is 2. The van der Waals surface area contributed by atoms with Crippen LogP contribution < -0.4 is 5.73 Å². The number of carbonyl (C=O) groups excluding carboxylic acids is 1. The first-order valence-electron chi connectivity index (χ1n) is 16.7. The zero-order valence-corrected chi connectivity index (χ0v) is 31.0. The molecule has 1 aliphatic heterocycles. The van der Waals surface area contributed by atoms with Crippen molar-refractivity contribution in [3.63, 3.8) is 0 Å². The summed E-state index contributed by atoms with van der Waals surface area (Å²) >= 11 is 0. The molecule has 4 unspecified atom stereocenters. The molecule has 0 aromatic heterocycles. The third kappa shape index (κ3) is 11.7. The number of carbonyl (C=O) groups is 1. The standard InChI is InChI=1S/C31H54N2O4.C4H10.C2H6/c1-12-13-16-29(5,6)31(9,32)18-17-28(3,4)30(7,8)25-19-21(2)36-27(37-25)23-20-22(14-15-24(23)34)26(35)33(10)11;1-4(2)3;1-2/h14-15,20-21,25,27,34H,12-13,16-19,32H2,1-11H3;4H,1-3H3;1-2H3. The number of nitrogens with two attached hydrogens (primary N) is 1. The number of phenolic OH excluding ortho intramolecular Hbond substituents is 1. The number of hydrogen-bond donors (Lipinski definition) is 2. The molecule has 1 aromatic rings. The molecule has 0 spiro atoms. The Kier molecular flexibility index (Phi) is 16.5. The first-order valence-corrected chi connectivity index (χ1v) is 16.7. The van der Waals surface area contributed by atoms with E-state index in [4.69, 9.17) is 15.2 Å². The maximum absolute atomic E-state index is 12.5. The average molecular weight is 607 g/mol. The Balaban J connectivity index is 0.00000270. The summed E-state index contributed by atoms with van der Waals surface area (Å²) < 4.78 is 12.7. The van der Waals surface area contributed by atoms with E-state index in [1.165, 1.54) is 17.7 Å². The van der Waals surface area contributed by atoms with E-state index in [0.29, 0.717) is 11.1 Å². The van der Waals surface area contributed by atoms with E-state index in [9.17, 15) is 9.90 Å². The molecule has 3 N–H and O–H groups in total. The minimum atomic E-state index is -0.744. The minimum absolute atomic E-state index is 0.0563. The number of unbranched alkanes of at least 4 members (excludes halogenated alkanes) is 1. The van der Waals surface area contributed by atoms with Gasteiger partial charge in [-0.2, -0.15) is 0 Å². The van der Waals surface area contributed by atoms with Crippen molar-refractivity contribution in [1.82, 2.24) is 4.90 Å². The fraction of sp³-hybridized carbons (Fsp3) is 0.811. The van der Waals surface area contributed by atoms with Gasteiger partial charge in [-0.05, 0) is 73.5 Å². The summed E-state index contributed by atoms with van der Waals surface area (Å²) in [7, 11) is 3.42. The van der Waals surface area contributed by atoms with Crippen LogP contribution in [0.25, 0.3) is 0 Å². The topological polar surface area (TPSA) is 85.0 Å². The van der Waals surface area contributed by atoms with Gasteiger partial charge >= 0.3 is 0 Å². The van der Waals surface area contributed by atoms with Crippen LogP contribution in [0, 0.1) is 22.2 Å². The van der Waals surface area contributed by atoms with Crippen LogP contribution in [0.3, 0.4) is 0 Å². The van der Waals surface area contributed by atoms with Crippen LogP contribution in [-0.2, 0) is 9.47 Å². The highest BCUT2D eigenvalue weighted by atomic mass is 16.7. The van der Waals surface area contributed by atoms with Crippen molar-refractivity contribution in [2.45, 2.75) is 159 Å². The quantitative estimate of drug-likeness (QED) is 0.262. The summed E-state index contributed by atoms with van der Waals surface area (Å²) in [4.78, 5) is 14.1. The normalized spacial score (nSPS) is 20.7. The highest BCUT2D eigenvalue weighted by Gasteiger charge is 2.48. The van der Waals surface area contributed by atoms with E-state index in [1.54, 1.807) is 32.3 Å². The predicted octanol–water partition coefficient (Wildman–Crippen LogP) is 9.74. The van der Waals surface area contributed by atoms with Crippen molar-refractivity contribution in [2.24, 2.45) is 27.9 Å². The summed E-state index contributed by atoms with van der Waals surface area (Å²) in [5.41, 5.74) is 7.46. The van der Waals surface area contributed by atoms with E-state index in [-0.39, 0.29) is 45.6 Å². The Hall–Kier alpha value is -1.63. The van der Waals surface area contributed by atoms with E-state index < -0.39 is 6.29 Å². The van der Waals surface area contributed by atoms with Gasteiger partial charge in [0.05, 0.1) is 17.8 Å². The van der Waals surface area contributed by atoms with E-state index >= 15 is 0 Å². The molecule has 6 nitrogen and oxygen atoms in total. The second-order valence-corrected chi connectivity index (χ2v) is 15.4. The monoisotopic (exact) mass is 607 g/mol. The predicted molar refractivity (Wildman–Crippen MR) is 183 cm³/mol. The lowest BCUT2D eigenvalue weighted by Gasteiger charge is -2.52. The molecule has 4 atom stereocenters. The van der Waals surface area contributed by atoms with Gasteiger partial charge in [0, 0.05) is 31.6 Å². The molecular formula is C37H70N2O4. The van der Waals surface area contributed by atoms with Crippen LogP contribution in [0.15, 0.2) is 18.2 Å². The van der Waals surface area contributed by atoms with Gasteiger partial charge < -0.3 is 25.2 Å². The van der Waals surface area contributed by atoms with Crippen molar-refractivity contribution >= 4 is 5.91 Å². The summed E-state index contributed by atoms with van der Waals surface area (Å²) in [5, 5.41) is 10.7. The van der Waals surface area contributed by atoms with Gasteiger partial charge in [0.25, 0.3) is 5.91 Å². The molecule has 252 valence electrons. The van der Waals surface area contributed by atoms with E-state index in [2.05, 4.69) is 76.2 Å². The van der Waals surface area contributed by atoms with Crippen LogP contribution in [0.1, 0.15) is 158 Å². The zero-order valence-electron chi connectivity index (χ0n) is 31.0. The van der Waals surface area contributed by atoms with Gasteiger partial charge in [-0.25, -0.2) is 0 Å². The van der Waals surface area contributed by atoms with E-state index in [1.807, 2.05) is 20.8 Å². The van der Waals surface area contributed by atoms with Crippen LogP contribution in [0.2, 0.25) is 0 Å². The molecule has 1 amide bonds. The molecule has 1 aliphatic rings. The molecule has 1 fully saturated rings. The fourth-order valence-corrected chi connectivity index (χ4v) is 5.12. The van der Waals surface area contributed by atoms with Gasteiger partial charge in [0.1, 0.15) is 5.75 Å². The highest BCUT2D eigenvalue weighted by Crippen LogP contribution is 2.52. The van der Waals surface area contributed by atoms with Gasteiger partial charge in [-0.1, -0.05) is 95.9 Å². The van der Waals surface area contributed by atoms with Gasteiger partial charge in [0.2, 0.25) is 0 Å².